The maximum Gasteiger partial charge on any atom is 0.130 e. The Morgan fingerprint density at radius 2 is 2.15 bits per heavy atom. The molecule has 0 unspecified atom stereocenters. The van der Waals surface area contributed by atoms with Crippen LogP contribution in [0.15, 0.2) is 30.3 Å². The first-order valence-electron chi connectivity index (χ1n) is 6.76. The van der Waals surface area contributed by atoms with Gasteiger partial charge in [0.1, 0.15) is 18.2 Å². The van der Waals surface area contributed by atoms with Crippen LogP contribution < -0.4 is 10.5 Å². The second kappa shape index (κ2) is 6.23. The maximum atomic E-state index is 7.43. The van der Waals surface area contributed by atoms with E-state index in [0.29, 0.717) is 17.9 Å². The van der Waals surface area contributed by atoms with Crippen LogP contribution in [-0.4, -0.2) is 15.6 Å². The molecule has 0 spiro atoms. The number of aryl methyl sites for hydroxylation is 2. The summed E-state index contributed by atoms with van der Waals surface area (Å²) in [5, 5.41) is 11.9. The lowest BCUT2D eigenvalue weighted by atomic mass is 10.2. The average molecular weight is 272 g/mol. The fourth-order valence-electron chi connectivity index (χ4n) is 1.99. The van der Waals surface area contributed by atoms with Gasteiger partial charge in [-0.05, 0) is 31.5 Å². The van der Waals surface area contributed by atoms with Gasteiger partial charge in [0.2, 0.25) is 0 Å². The van der Waals surface area contributed by atoms with Gasteiger partial charge in [-0.25, -0.2) is 0 Å². The molecule has 0 fully saturated rings. The summed E-state index contributed by atoms with van der Waals surface area (Å²) < 4.78 is 7.72. The Balaban J connectivity index is 2.10. The van der Waals surface area contributed by atoms with Crippen molar-refractivity contribution in [3.63, 3.8) is 0 Å². The first kappa shape index (κ1) is 14.1. The Morgan fingerprint density at radius 1 is 1.35 bits per heavy atom. The van der Waals surface area contributed by atoms with Gasteiger partial charge in [0, 0.05) is 12.1 Å². The normalized spacial score (nSPS) is 10.5. The van der Waals surface area contributed by atoms with Crippen molar-refractivity contribution in [1.82, 2.24) is 9.78 Å². The second-order valence-electron chi connectivity index (χ2n) is 4.53. The number of nitrogen functional groups attached to an aromatic ring is 1. The summed E-state index contributed by atoms with van der Waals surface area (Å²) >= 11 is 0. The number of rotatable bonds is 6. The van der Waals surface area contributed by atoms with Crippen molar-refractivity contribution in [2.75, 3.05) is 0 Å². The number of nitrogens with one attached hydrogen (secondary N) is 1. The van der Waals surface area contributed by atoms with Gasteiger partial charge in [-0.2, -0.15) is 5.10 Å². The van der Waals surface area contributed by atoms with Gasteiger partial charge in [0.25, 0.3) is 0 Å². The summed E-state index contributed by atoms with van der Waals surface area (Å²) in [4.78, 5) is 0. The van der Waals surface area contributed by atoms with Gasteiger partial charge in [0.05, 0.1) is 11.4 Å². The predicted octanol–water partition coefficient (Wildman–Crippen LogP) is 2.33. The van der Waals surface area contributed by atoms with Crippen molar-refractivity contribution in [3.8, 4) is 5.75 Å². The molecular formula is C15H20N4O. The molecule has 5 nitrogen and oxygen atoms in total. The monoisotopic (exact) mass is 272 g/mol. The highest BCUT2D eigenvalue weighted by molar-refractivity contribution is 5.95. The Hall–Kier alpha value is -2.30. The maximum absolute atomic E-state index is 7.43. The van der Waals surface area contributed by atoms with E-state index in [2.05, 4.69) is 25.0 Å². The third-order valence-corrected chi connectivity index (χ3v) is 3.11. The van der Waals surface area contributed by atoms with E-state index in [9.17, 15) is 0 Å². The Morgan fingerprint density at radius 3 is 2.80 bits per heavy atom. The number of amidine groups is 1. The number of nitrogens with zero attached hydrogens (tertiary/aromatic N) is 2. The molecule has 0 saturated carbocycles. The van der Waals surface area contributed by atoms with Crippen molar-refractivity contribution in [2.45, 2.75) is 33.4 Å². The summed E-state index contributed by atoms with van der Waals surface area (Å²) in [6.45, 7) is 5.43. The van der Waals surface area contributed by atoms with Crippen LogP contribution in [0.25, 0.3) is 0 Å². The van der Waals surface area contributed by atoms with Crippen LogP contribution in [0, 0.1) is 5.41 Å². The van der Waals surface area contributed by atoms with Crippen LogP contribution in [0.4, 0.5) is 0 Å². The van der Waals surface area contributed by atoms with Crippen LogP contribution in [-0.2, 0) is 19.6 Å². The highest BCUT2D eigenvalue weighted by Crippen LogP contribution is 2.15. The van der Waals surface area contributed by atoms with Crippen LogP contribution >= 0.6 is 0 Å². The molecule has 2 rings (SSSR count). The quantitative estimate of drug-likeness (QED) is 0.626. The average Bonchev–Trinajstić information content (AvgIpc) is 2.88. The molecular weight excluding hydrogens is 252 g/mol. The largest absolute Gasteiger partial charge is 0.487 e. The minimum atomic E-state index is 0.0438. The van der Waals surface area contributed by atoms with Crippen LogP contribution in [0.1, 0.15) is 30.8 Å². The molecule has 106 valence electrons. The van der Waals surface area contributed by atoms with E-state index in [4.69, 9.17) is 15.9 Å². The molecule has 1 aromatic carbocycles. The molecule has 0 amide bonds. The lowest BCUT2D eigenvalue weighted by Crippen LogP contribution is -2.11. The molecule has 0 aliphatic heterocycles. The number of aromatic nitrogens is 2. The van der Waals surface area contributed by atoms with E-state index in [1.165, 1.54) is 0 Å². The number of nitrogens with two attached hydrogens (primary N) is 1. The lowest BCUT2D eigenvalue weighted by Gasteiger charge is -2.08. The predicted molar refractivity (Wildman–Crippen MR) is 79.1 cm³/mol. The molecule has 0 saturated heterocycles. The summed E-state index contributed by atoms with van der Waals surface area (Å²) in [7, 11) is 0. The Bertz CT molecular complexity index is 604. The highest BCUT2D eigenvalue weighted by Gasteiger charge is 2.07. The fraction of sp³-hybridized carbons (Fsp3) is 0.333. The van der Waals surface area contributed by atoms with Gasteiger partial charge in [-0.1, -0.05) is 19.1 Å². The van der Waals surface area contributed by atoms with E-state index in [1.54, 1.807) is 12.1 Å². The minimum Gasteiger partial charge on any atom is -0.487 e. The third-order valence-electron chi connectivity index (χ3n) is 3.11. The summed E-state index contributed by atoms with van der Waals surface area (Å²) in [5.74, 6) is 0.752. The Kier molecular flexibility index (Phi) is 4.40. The van der Waals surface area contributed by atoms with Crippen molar-refractivity contribution in [1.29, 1.82) is 5.41 Å². The summed E-state index contributed by atoms with van der Waals surface area (Å²) in [6.07, 6.45) is 0.916. The molecule has 0 aliphatic carbocycles. The van der Waals surface area contributed by atoms with Crippen LogP contribution in [0.3, 0.4) is 0 Å². The van der Waals surface area contributed by atoms with Crippen molar-refractivity contribution in [3.05, 3.63) is 47.3 Å². The first-order chi connectivity index (χ1) is 9.63. The molecule has 5 heteroatoms. The zero-order valence-corrected chi connectivity index (χ0v) is 11.9. The number of hydrogen-bond donors (Lipinski definition) is 2. The molecule has 20 heavy (non-hydrogen) atoms. The highest BCUT2D eigenvalue weighted by atomic mass is 16.5. The molecule has 1 aromatic heterocycles. The van der Waals surface area contributed by atoms with Crippen molar-refractivity contribution >= 4 is 5.84 Å². The zero-order chi connectivity index (χ0) is 14.5. The lowest BCUT2D eigenvalue weighted by molar-refractivity contribution is 0.292. The van der Waals surface area contributed by atoms with E-state index < -0.39 is 0 Å². The minimum absolute atomic E-state index is 0.0438. The summed E-state index contributed by atoms with van der Waals surface area (Å²) in [6, 6.07) is 9.33. The van der Waals surface area contributed by atoms with E-state index in [1.807, 2.05) is 16.8 Å². The zero-order valence-electron chi connectivity index (χ0n) is 11.9. The molecule has 1 heterocycles. The van der Waals surface area contributed by atoms with Crippen molar-refractivity contribution in [2.24, 2.45) is 5.73 Å². The van der Waals surface area contributed by atoms with Gasteiger partial charge in [-0.15, -0.1) is 0 Å². The van der Waals surface area contributed by atoms with Gasteiger partial charge >= 0.3 is 0 Å². The Labute approximate surface area is 118 Å². The van der Waals surface area contributed by atoms with Gasteiger partial charge < -0.3 is 10.5 Å². The van der Waals surface area contributed by atoms with Crippen LogP contribution in [0.2, 0.25) is 0 Å². The van der Waals surface area contributed by atoms with E-state index in [0.717, 1.165) is 24.4 Å². The van der Waals surface area contributed by atoms with Crippen molar-refractivity contribution < 1.29 is 4.74 Å². The smallest absolute Gasteiger partial charge is 0.130 e. The topological polar surface area (TPSA) is 76.9 Å². The summed E-state index contributed by atoms with van der Waals surface area (Å²) in [5.41, 5.74) is 8.26. The third kappa shape index (κ3) is 3.17. The van der Waals surface area contributed by atoms with Crippen LogP contribution in [0.5, 0.6) is 5.75 Å². The number of ether oxygens (including phenoxy) is 1. The van der Waals surface area contributed by atoms with E-state index in [-0.39, 0.29) is 5.84 Å². The molecule has 0 radical (unpaired) electrons. The molecule has 2 aromatic rings. The molecule has 0 bridgehead atoms. The number of hydrogen-bond acceptors (Lipinski definition) is 3. The van der Waals surface area contributed by atoms with E-state index >= 15 is 0 Å². The van der Waals surface area contributed by atoms with Gasteiger partial charge in [-0.3, -0.25) is 10.1 Å². The SMILES string of the molecule is CCc1cc(COc2cccc(C(=N)N)c2)n(CC)n1. The number of benzene rings is 1. The molecule has 0 aliphatic rings. The first-order valence-corrected chi connectivity index (χ1v) is 6.76. The standard InChI is InChI=1S/C15H20N4O/c1-3-12-9-13(19(4-2)18-12)10-20-14-7-5-6-11(8-14)15(16)17/h5-9H,3-4,10H2,1-2H3,(H3,16,17). The second-order valence-corrected chi connectivity index (χ2v) is 4.53. The molecule has 3 N–H and O–H groups in total. The van der Waals surface area contributed by atoms with Gasteiger partial charge in [0.15, 0.2) is 0 Å². The molecule has 0 atom stereocenters. The fourth-order valence-corrected chi connectivity index (χ4v) is 1.99.